The second-order valence-corrected chi connectivity index (χ2v) is 4.46. The molecule has 0 aliphatic rings. The van der Waals surface area contributed by atoms with Gasteiger partial charge in [0.15, 0.2) is 0 Å². The van der Waals surface area contributed by atoms with Gasteiger partial charge in [-0.1, -0.05) is 41.4 Å². The molecule has 0 fully saturated rings. The number of nitrogens with one attached hydrogen (secondary N) is 1. The molecule has 0 saturated heterocycles. The summed E-state index contributed by atoms with van der Waals surface area (Å²) in [5, 5.41) is 13.7. The third-order valence-corrected chi connectivity index (χ3v) is 2.87. The Bertz CT molecular complexity index is 514. The van der Waals surface area contributed by atoms with Gasteiger partial charge in [-0.25, -0.2) is 0 Å². The van der Waals surface area contributed by atoms with Crippen molar-refractivity contribution in [2.75, 3.05) is 5.32 Å². The Morgan fingerprint density at radius 2 is 1.76 bits per heavy atom. The monoisotopic (exact) mass is 267 g/mol. The molecule has 0 atom stereocenters. The average Bonchev–Trinajstić information content (AvgIpc) is 2.33. The molecule has 0 radical (unpaired) electrons. The van der Waals surface area contributed by atoms with E-state index >= 15 is 0 Å². The van der Waals surface area contributed by atoms with E-state index in [1.165, 1.54) is 6.07 Å². The number of benzene rings is 2. The van der Waals surface area contributed by atoms with Crippen molar-refractivity contribution in [3.63, 3.8) is 0 Å². The molecule has 0 amide bonds. The highest BCUT2D eigenvalue weighted by Gasteiger charge is 2.07. The highest BCUT2D eigenvalue weighted by molar-refractivity contribution is 6.35. The van der Waals surface area contributed by atoms with E-state index in [4.69, 9.17) is 23.2 Å². The second kappa shape index (κ2) is 5.30. The Balaban J connectivity index is 2.14. The summed E-state index contributed by atoms with van der Waals surface area (Å²) < 4.78 is 0. The first-order valence-corrected chi connectivity index (χ1v) is 5.88. The third-order valence-electron chi connectivity index (χ3n) is 2.36. The summed E-state index contributed by atoms with van der Waals surface area (Å²) in [6, 6.07) is 12.9. The first-order chi connectivity index (χ1) is 8.16. The minimum absolute atomic E-state index is 0.0690. The van der Waals surface area contributed by atoms with E-state index in [2.05, 4.69) is 5.32 Å². The van der Waals surface area contributed by atoms with Gasteiger partial charge in [-0.2, -0.15) is 0 Å². The van der Waals surface area contributed by atoms with Crippen LogP contribution in [0.15, 0.2) is 42.5 Å². The quantitative estimate of drug-likeness (QED) is 0.869. The predicted molar refractivity (Wildman–Crippen MR) is 71.9 cm³/mol. The maximum atomic E-state index is 9.77. The first kappa shape index (κ1) is 12.1. The summed E-state index contributed by atoms with van der Waals surface area (Å²) >= 11 is 11.7. The number of halogens is 2. The minimum Gasteiger partial charge on any atom is -0.506 e. The van der Waals surface area contributed by atoms with Crippen molar-refractivity contribution in [1.82, 2.24) is 0 Å². The lowest BCUT2D eigenvalue weighted by molar-refractivity contribution is 0.469. The lowest BCUT2D eigenvalue weighted by atomic mass is 10.2. The fourth-order valence-corrected chi connectivity index (χ4v) is 2.04. The standard InChI is InChI=1S/C13H11Cl2NO/c14-10-6-9(13(17)12(15)7-10)8-16-11-4-2-1-3-5-11/h1-7,16-17H,8H2. The molecule has 0 aliphatic carbocycles. The Kier molecular flexibility index (Phi) is 3.77. The van der Waals surface area contributed by atoms with Gasteiger partial charge < -0.3 is 10.4 Å². The zero-order chi connectivity index (χ0) is 12.3. The molecule has 2 rings (SSSR count). The molecule has 2 aromatic carbocycles. The molecule has 2 nitrogen and oxygen atoms in total. The van der Waals surface area contributed by atoms with Crippen molar-refractivity contribution in [3.8, 4) is 5.75 Å². The number of rotatable bonds is 3. The molecule has 2 N–H and O–H groups in total. The first-order valence-electron chi connectivity index (χ1n) is 5.12. The molecular formula is C13H11Cl2NO. The van der Waals surface area contributed by atoms with Gasteiger partial charge in [0.2, 0.25) is 0 Å². The van der Waals surface area contributed by atoms with Crippen LogP contribution < -0.4 is 5.32 Å². The summed E-state index contributed by atoms with van der Waals surface area (Å²) in [7, 11) is 0. The largest absolute Gasteiger partial charge is 0.506 e. The van der Waals surface area contributed by atoms with Crippen LogP contribution in [0.25, 0.3) is 0 Å². The van der Waals surface area contributed by atoms with Gasteiger partial charge in [-0.3, -0.25) is 0 Å². The molecule has 0 saturated carbocycles. The summed E-state index contributed by atoms with van der Waals surface area (Å²) in [4.78, 5) is 0. The number of hydrogen-bond donors (Lipinski definition) is 2. The number of para-hydroxylation sites is 1. The van der Waals surface area contributed by atoms with Crippen LogP contribution in [0.3, 0.4) is 0 Å². The minimum atomic E-state index is 0.0690. The van der Waals surface area contributed by atoms with Crippen molar-refractivity contribution >= 4 is 28.9 Å². The van der Waals surface area contributed by atoms with Gasteiger partial charge in [-0.15, -0.1) is 0 Å². The van der Waals surface area contributed by atoms with Crippen LogP contribution in [-0.4, -0.2) is 5.11 Å². The van der Waals surface area contributed by atoms with Crippen LogP contribution in [0.1, 0.15) is 5.56 Å². The molecule has 0 heterocycles. The molecule has 88 valence electrons. The molecule has 0 aliphatic heterocycles. The number of aromatic hydroxyl groups is 1. The molecule has 4 heteroatoms. The van der Waals surface area contributed by atoms with Crippen molar-refractivity contribution < 1.29 is 5.11 Å². The third kappa shape index (κ3) is 3.05. The summed E-state index contributed by atoms with van der Waals surface area (Å²) in [6.45, 7) is 0.468. The summed E-state index contributed by atoms with van der Waals surface area (Å²) in [5.74, 6) is 0.0690. The van der Waals surface area contributed by atoms with Gasteiger partial charge in [0.1, 0.15) is 5.75 Å². The maximum Gasteiger partial charge on any atom is 0.139 e. The fraction of sp³-hybridized carbons (Fsp3) is 0.0769. The second-order valence-electron chi connectivity index (χ2n) is 3.61. The SMILES string of the molecule is Oc1c(Cl)cc(Cl)cc1CNc1ccccc1. The number of hydrogen-bond acceptors (Lipinski definition) is 2. The highest BCUT2D eigenvalue weighted by atomic mass is 35.5. The van der Waals surface area contributed by atoms with Crippen LogP contribution in [0.2, 0.25) is 10.0 Å². The van der Waals surface area contributed by atoms with Gasteiger partial charge in [0.25, 0.3) is 0 Å². The number of phenolic OH excluding ortho intramolecular Hbond substituents is 1. The highest BCUT2D eigenvalue weighted by Crippen LogP contribution is 2.31. The smallest absolute Gasteiger partial charge is 0.139 e. The molecule has 0 aromatic heterocycles. The van der Waals surface area contributed by atoms with Crippen molar-refractivity contribution in [3.05, 3.63) is 58.1 Å². The van der Waals surface area contributed by atoms with Gasteiger partial charge in [-0.05, 0) is 24.3 Å². The summed E-state index contributed by atoms with van der Waals surface area (Å²) in [6.07, 6.45) is 0. The number of anilines is 1. The van der Waals surface area contributed by atoms with Crippen LogP contribution >= 0.6 is 23.2 Å². The van der Waals surface area contributed by atoms with Crippen LogP contribution in [0.5, 0.6) is 5.75 Å². The molecule has 0 bridgehead atoms. The summed E-state index contributed by atoms with van der Waals surface area (Å²) in [5.41, 5.74) is 1.65. The van der Waals surface area contributed by atoms with Crippen molar-refractivity contribution in [2.45, 2.75) is 6.54 Å². The van der Waals surface area contributed by atoms with Gasteiger partial charge in [0, 0.05) is 22.8 Å². The Hall–Kier alpha value is -1.38. The molecule has 0 spiro atoms. The number of phenols is 1. The van der Waals surface area contributed by atoms with Gasteiger partial charge in [0.05, 0.1) is 5.02 Å². The average molecular weight is 268 g/mol. The predicted octanol–water partition coefficient (Wildman–Crippen LogP) is 4.31. The normalized spacial score (nSPS) is 10.2. The lowest BCUT2D eigenvalue weighted by Crippen LogP contribution is -1.99. The molecule has 17 heavy (non-hydrogen) atoms. The van der Waals surface area contributed by atoms with Crippen molar-refractivity contribution in [2.24, 2.45) is 0 Å². The van der Waals surface area contributed by atoms with E-state index in [0.717, 1.165) is 5.69 Å². The Morgan fingerprint density at radius 3 is 2.47 bits per heavy atom. The van der Waals surface area contributed by atoms with Crippen LogP contribution in [0.4, 0.5) is 5.69 Å². The zero-order valence-corrected chi connectivity index (χ0v) is 10.5. The van der Waals surface area contributed by atoms with E-state index in [1.807, 2.05) is 30.3 Å². The zero-order valence-electron chi connectivity index (χ0n) is 8.95. The van der Waals surface area contributed by atoms with E-state index in [1.54, 1.807) is 6.07 Å². The van der Waals surface area contributed by atoms with Crippen LogP contribution in [-0.2, 0) is 6.54 Å². The van der Waals surface area contributed by atoms with Gasteiger partial charge >= 0.3 is 0 Å². The maximum absolute atomic E-state index is 9.77. The van der Waals surface area contributed by atoms with E-state index in [0.29, 0.717) is 17.1 Å². The molecule has 2 aromatic rings. The van der Waals surface area contributed by atoms with E-state index in [-0.39, 0.29) is 10.8 Å². The van der Waals surface area contributed by atoms with Crippen molar-refractivity contribution in [1.29, 1.82) is 0 Å². The Labute approximate surface area is 110 Å². The van der Waals surface area contributed by atoms with E-state index < -0.39 is 0 Å². The van der Waals surface area contributed by atoms with Crippen LogP contribution in [0, 0.1) is 0 Å². The van der Waals surface area contributed by atoms with E-state index in [9.17, 15) is 5.11 Å². The Morgan fingerprint density at radius 1 is 1.06 bits per heavy atom. The lowest BCUT2D eigenvalue weighted by Gasteiger charge is -2.09. The topological polar surface area (TPSA) is 32.3 Å². The molecule has 0 unspecified atom stereocenters. The fourth-order valence-electron chi connectivity index (χ4n) is 1.51. The molecular weight excluding hydrogens is 257 g/mol.